The lowest BCUT2D eigenvalue weighted by atomic mass is 9.83. The van der Waals surface area contributed by atoms with Gasteiger partial charge in [0.25, 0.3) is 0 Å². The van der Waals surface area contributed by atoms with Crippen molar-refractivity contribution in [2.24, 2.45) is 5.92 Å². The largest absolute Gasteiger partial charge is 0.340 e. The molecule has 0 spiro atoms. The van der Waals surface area contributed by atoms with Crippen LogP contribution in [0.2, 0.25) is 0 Å². The summed E-state index contributed by atoms with van der Waals surface area (Å²) in [5.41, 5.74) is 6.98. The molecule has 1 saturated heterocycles. The Hall–Kier alpha value is -3.51. The van der Waals surface area contributed by atoms with Crippen molar-refractivity contribution in [2.75, 3.05) is 6.54 Å². The van der Waals surface area contributed by atoms with Gasteiger partial charge in [-0.1, -0.05) is 30.3 Å². The molecule has 2 unspecified atom stereocenters. The summed E-state index contributed by atoms with van der Waals surface area (Å²) in [6, 6.07) is 21.4. The molecule has 4 heterocycles. The monoisotopic (exact) mass is 434 g/mol. The lowest BCUT2D eigenvalue weighted by Gasteiger charge is -2.32. The second kappa shape index (κ2) is 7.52. The van der Waals surface area contributed by atoms with Crippen LogP contribution in [0.4, 0.5) is 0 Å². The van der Waals surface area contributed by atoms with E-state index in [0.29, 0.717) is 18.5 Å². The van der Waals surface area contributed by atoms with Gasteiger partial charge in [-0.25, -0.2) is 9.97 Å². The molecule has 2 aliphatic rings. The number of H-pyrrole nitrogens is 1. The Morgan fingerprint density at radius 1 is 0.879 bits per heavy atom. The maximum absolute atomic E-state index is 5.08. The number of fused-ring (bicyclic) bond motifs is 5. The van der Waals surface area contributed by atoms with E-state index in [1.807, 2.05) is 18.3 Å². The highest BCUT2D eigenvalue weighted by Crippen LogP contribution is 2.44. The zero-order valence-corrected chi connectivity index (χ0v) is 18.5. The average Bonchev–Trinajstić information content (AvgIpc) is 3.55. The number of aryl methyl sites for hydroxylation is 1. The first-order valence-electron chi connectivity index (χ1n) is 11.9. The van der Waals surface area contributed by atoms with E-state index in [1.165, 1.54) is 24.1 Å². The number of nitrogens with zero attached hydrogens (tertiary/aromatic N) is 5. The van der Waals surface area contributed by atoms with Gasteiger partial charge in [0.15, 0.2) is 0 Å². The summed E-state index contributed by atoms with van der Waals surface area (Å²) in [5, 5.41) is 0. The van der Waals surface area contributed by atoms with E-state index in [-0.39, 0.29) is 0 Å². The number of benzene rings is 2. The molecule has 7 rings (SSSR count). The maximum atomic E-state index is 5.08. The Kier molecular flexibility index (Phi) is 4.33. The van der Waals surface area contributed by atoms with Crippen molar-refractivity contribution in [1.29, 1.82) is 0 Å². The second-order valence-electron chi connectivity index (χ2n) is 9.35. The number of likely N-dealkylation sites (tertiary alicyclic amines) is 1. The van der Waals surface area contributed by atoms with Gasteiger partial charge in [-0.2, -0.15) is 0 Å². The first kappa shape index (κ1) is 19.0. The molecule has 1 N–H and O–H groups in total. The fraction of sp³-hybridized carbons (Fsp3) is 0.296. The Labute approximate surface area is 192 Å². The zero-order chi connectivity index (χ0) is 21.8. The van der Waals surface area contributed by atoms with Crippen LogP contribution in [0.1, 0.15) is 41.8 Å². The van der Waals surface area contributed by atoms with Gasteiger partial charge in [0.05, 0.1) is 46.9 Å². The van der Waals surface area contributed by atoms with Crippen molar-refractivity contribution in [2.45, 2.75) is 38.4 Å². The van der Waals surface area contributed by atoms with Crippen LogP contribution in [0.5, 0.6) is 0 Å². The lowest BCUT2D eigenvalue weighted by molar-refractivity contribution is 0.195. The molecular formula is C27H26N6. The quantitative estimate of drug-likeness (QED) is 0.439. The molecule has 3 aromatic heterocycles. The molecule has 0 amide bonds. The minimum atomic E-state index is 0.398. The SMILES string of the molecule is c1cnc2c(c1)CCC1CCN(Cc3nc4ccccc4n3Cc3nc4ccccc4[nH]3)C21. The predicted molar refractivity (Wildman–Crippen MR) is 129 cm³/mol. The molecule has 0 saturated carbocycles. The molecule has 0 radical (unpaired) electrons. The summed E-state index contributed by atoms with van der Waals surface area (Å²) in [6.07, 6.45) is 5.61. The summed E-state index contributed by atoms with van der Waals surface area (Å²) in [4.78, 5) is 20.8. The van der Waals surface area contributed by atoms with Gasteiger partial charge >= 0.3 is 0 Å². The molecule has 164 valence electrons. The molecule has 6 nitrogen and oxygen atoms in total. The van der Waals surface area contributed by atoms with E-state index in [1.54, 1.807) is 0 Å². The summed E-state index contributed by atoms with van der Waals surface area (Å²) < 4.78 is 2.34. The number of aromatic nitrogens is 5. The van der Waals surface area contributed by atoms with Crippen LogP contribution in [-0.2, 0) is 19.5 Å². The number of imidazole rings is 2. The van der Waals surface area contributed by atoms with E-state index in [4.69, 9.17) is 15.0 Å². The van der Waals surface area contributed by atoms with Crippen LogP contribution in [0.25, 0.3) is 22.1 Å². The fourth-order valence-electron chi connectivity index (χ4n) is 5.91. The fourth-order valence-corrected chi connectivity index (χ4v) is 5.91. The van der Waals surface area contributed by atoms with E-state index in [9.17, 15) is 0 Å². The van der Waals surface area contributed by atoms with Crippen molar-refractivity contribution >= 4 is 22.1 Å². The Bertz CT molecular complexity index is 1430. The molecule has 2 aromatic carbocycles. The van der Waals surface area contributed by atoms with E-state index < -0.39 is 0 Å². The van der Waals surface area contributed by atoms with E-state index >= 15 is 0 Å². The van der Waals surface area contributed by atoms with Gasteiger partial charge < -0.3 is 9.55 Å². The highest BCUT2D eigenvalue weighted by Gasteiger charge is 2.40. The normalized spacial score (nSPS) is 20.4. The van der Waals surface area contributed by atoms with Gasteiger partial charge in [-0.05, 0) is 67.6 Å². The van der Waals surface area contributed by atoms with Crippen molar-refractivity contribution < 1.29 is 0 Å². The third-order valence-corrected chi connectivity index (χ3v) is 7.44. The molecule has 1 fully saturated rings. The van der Waals surface area contributed by atoms with Crippen LogP contribution < -0.4 is 0 Å². The zero-order valence-electron chi connectivity index (χ0n) is 18.5. The third kappa shape index (κ3) is 3.16. The van der Waals surface area contributed by atoms with Gasteiger partial charge in [-0.3, -0.25) is 9.88 Å². The lowest BCUT2D eigenvalue weighted by Crippen LogP contribution is -2.30. The van der Waals surface area contributed by atoms with Gasteiger partial charge in [0.2, 0.25) is 0 Å². The van der Waals surface area contributed by atoms with Crippen molar-refractivity contribution in [3.05, 3.63) is 89.8 Å². The number of nitrogens with one attached hydrogen (secondary N) is 1. The molecule has 5 aromatic rings. The van der Waals surface area contributed by atoms with Crippen LogP contribution in [-0.4, -0.2) is 35.9 Å². The van der Waals surface area contributed by atoms with Crippen molar-refractivity contribution in [3.63, 3.8) is 0 Å². The van der Waals surface area contributed by atoms with E-state index in [0.717, 1.165) is 53.2 Å². The van der Waals surface area contributed by atoms with Crippen molar-refractivity contribution in [3.8, 4) is 0 Å². The van der Waals surface area contributed by atoms with Crippen molar-refractivity contribution in [1.82, 2.24) is 29.4 Å². The summed E-state index contributed by atoms with van der Waals surface area (Å²) >= 11 is 0. The number of hydrogen-bond acceptors (Lipinski definition) is 4. The minimum absolute atomic E-state index is 0.398. The Morgan fingerprint density at radius 2 is 1.76 bits per heavy atom. The second-order valence-corrected chi connectivity index (χ2v) is 9.35. The molecular weight excluding hydrogens is 408 g/mol. The summed E-state index contributed by atoms with van der Waals surface area (Å²) in [7, 11) is 0. The highest BCUT2D eigenvalue weighted by atomic mass is 15.2. The third-order valence-electron chi connectivity index (χ3n) is 7.44. The van der Waals surface area contributed by atoms with Gasteiger partial charge in [-0.15, -0.1) is 0 Å². The highest BCUT2D eigenvalue weighted by molar-refractivity contribution is 5.77. The predicted octanol–water partition coefficient (Wildman–Crippen LogP) is 4.87. The topological polar surface area (TPSA) is 62.6 Å². The first-order chi connectivity index (χ1) is 16.3. The molecule has 1 aliphatic heterocycles. The van der Waals surface area contributed by atoms with E-state index in [2.05, 4.69) is 63.0 Å². The maximum Gasteiger partial charge on any atom is 0.127 e. The molecule has 6 heteroatoms. The smallest absolute Gasteiger partial charge is 0.127 e. The number of hydrogen-bond donors (Lipinski definition) is 1. The van der Waals surface area contributed by atoms with Crippen LogP contribution in [0, 0.1) is 5.92 Å². The molecule has 33 heavy (non-hydrogen) atoms. The Balaban J connectivity index is 1.27. The first-order valence-corrected chi connectivity index (χ1v) is 11.9. The van der Waals surface area contributed by atoms with Gasteiger partial charge in [0.1, 0.15) is 11.6 Å². The van der Waals surface area contributed by atoms with Crippen LogP contribution >= 0.6 is 0 Å². The Morgan fingerprint density at radius 3 is 2.70 bits per heavy atom. The molecule has 0 bridgehead atoms. The summed E-state index contributed by atoms with van der Waals surface area (Å²) in [6.45, 7) is 2.60. The number of para-hydroxylation sites is 4. The minimum Gasteiger partial charge on any atom is -0.340 e. The number of aromatic amines is 1. The van der Waals surface area contributed by atoms with Crippen LogP contribution in [0.3, 0.4) is 0 Å². The molecule has 2 atom stereocenters. The van der Waals surface area contributed by atoms with Gasteiger partial charge in [0, 0.05) is 6.20 Å². The average molecular weight is 435 g/mol. The number of rotatable bonds is 4. The molecule has 1 aliphatic carbocycles. The van der Waals surface area contributed by atoms with Crippen LogP contribution in [0.15, 0.2) is 66.9 Å². The summed E-state index contributed by atoms with van der Waals surface area (Å²) in [5.74, 6) is 2.76. The number of pyridine rings is 1. The standard InChI is InChI=1S/C27H26N6/c1-2-8-21-20(7-1)29-24(30-21)16-33-23-10-4-3-9-22(23)31-25(33)17-32-15-13-19-12-11-18-6-5-14-28-26(18)27(19)32/h1-10,14,19,27H,11-13,15-17H2,(H,29,30).